The summed E-state index contributed by atoms with van der Waals surface area (Å²) in [6, 6.07) is 9.51. The van der Waals surface area contributed by atoms with Gasteiger partial charge in [-0.05, 0) is 36.8 Å². The minimum Gasteiger partial charge on any atom is -0.495 e. The fourth-order valence-corrected chi connectivity index (χ4v) is 2.99. The Morgan fingerprint density at radius 3 is 2.46 bits per heavy atom. The average Bonchev–Trinajstić information content (AvgIpc) is 2.58. The third-order valence-corrected chi connectivity index (χ3v) is 4.15. The van der Waals surface area contributed by atoms with Gasteiger partial charge in [-0.1, -0.05) is 34.5 Å². The summed E-state index contributed by atoms with van der Waals surface area (Å²) in [6.45, 7) is 3.29. The molecule has 0 unspecified atom stereocenters. The lowest BCUT2D eigenvalue weighted by Gasteiger charge is -2.17. The number of ether oxygens (including phenoxy) is 3. The molecule has 0 heterocycles. The van der Waals surface area contributed by atoms with Crippen LogP contribution in [0, 0.1) is 0 Å². The maximum Gasteiger partial charge on any atom is 0.166 e. The molecule has 1 N–H and O–H groups in total. The highest BCUT2D eigenvalue weighted by Gasteiger charge is 2.13. The second kappa shape index (κ2) is 9.04. The van der Waals surface area contributed by atoms with Crippen molar-refractivity contribution in [2.24, 2.45) is 0 Å². The summed E-state index contributed by atoms with van der Waals surface area (Å²) in [4.78, 5) is 0. The maximum absolute atomic E-state index is 6.17. The number of hydrogen-bond acceptors (Lipinski definition) is 4. The summed E-state index contributed by atoms with van der Waals surface area (Å²) in [5.74, 6) is 2.12. The first-order valence-corrected chi connectivity index (χ1v) is 8.82. The van der Waals surface area contributed by atoms with Crippen LogP contribution in [-0.4, -0.2) is 20.8 Å². The van der Waals surface area contributed by atoms with Gasteiger partial charge in [-0.25, -0.2) is 0 Å². The lowest BCUT2D eigenvalue weighted by Crippen LogP contribution is -2.06. The van der Waals surface area contributed by atoms with Gasteiger partial charge >= 0.3 is 0 Å². The lowest BCUT2D eigenvalue weighted by atomic mass is 10.1. The highest BCUT2D eigenvalue weighted by molar-refractivity contribution is 9.10. The van der Waals surface area contributed by atoms with Crippen molar-refractivity contribution >= 4 is 33.2 Å². The first-order valence-electron chi connectivity index (χ1n) is 7.65. The van der Waals surface area contributed by atoms with E-state index in [0.717, 1.165) is 27.9 Å². The topological polar surface area (TPSA) is 39.7 Å². The van der Waals surface area contributed by atoms with E-state index >= 15 is 0 Å². The SMILES string of the molecule is CCCOc1c(CNc2ccc(OC)c(Cl)c2)cc(Br)cc1OC. The molecule has 0 amide bonds. The minimum absolute atomic E-state index is 0.566. The number of hydrogen-bond donors (Lipinski definition) is 1. The fourth-order valence-electron chi connectivity index (χ4n) is 2.25. The molecular weight excluding hydrogens is 394 g/mol. The van der Waals surface area contributed by atoms with Crippen molar-refractivity contribution in [3.05, 3.63) is 45.4 Å². The number of anilines is 1. The summed E-state index contributed by atoms with van der Waals surface area (Å²) in [6.07, 6.45) is 0.931. The molecule has 130 valence electrons. The molecule has 0 bridgehead atoms. The zero-order valence-electron chi connectivity index (χ0n) is 14.0. The Morgan fingerprint density at radius 2 is 1.83 bits per heavy atom. The Labute approximate surface area is 156 Å². The van der Waals surface area contributed by atoms with Gasteiger partial charge in [0.2, 0.25) is 0 Å². The van der Waals surface area contributed by atoms with Crippen LogP contribution in [0.5, 0.6) is 17.2 Å². The van der Waals surface area contributed by atoms with Gasteiger partial charge in [0.1, 0.15) is 5.75 Å². The van der Waals surface area contributed by atoms with Crippen LogP contribution in [0.1, 0.15) is 18.9 Å². The van der Waals surface area contributed by atoms with E-state index in [1.807, 2.05) is 30.3 Å². The van der Waals surface area contributed by atoms with Gasteiger partial charge in [0.15, 0.2) is 11.5 Å². The third-order valence-electron chi connectivity index (χ3n) is 3.40. The number of nitrogens with one attached hydrogen (secondary N) is 1. The van der Waals surface area contributed by atoms with Gasteiger partial charge in [0.05, 0.1) is 25.8 Å². The standard InChI is InChI=1S/C18H21BrClNO3/c1-4-7-24-18-12(8-13(19)9-17(18)23-3)11-21-14-5-6-16(22-2)15(20)10-14/h5-6,8-10,21H,4,7,11H2,1-3H3. The van der Waals surface area contributed by atoms with Crippen molar-refractivity contribution in [2.75, 3.05) is 26.1 Å². The summed E-state index contributed by atoms with van der Waals surface area (Å²) < 4.78 is 17.4. The van der Waals surface area contributed by atoms with Crippen molar-refractivity contribution in [1.82, 2.24) is 0 Å². The van der Waals surface area contributed by atoms with Crippen molar-refractivity contribution in [3.8, 4) is 17.2 Å². The first kappa shape index (κ1) is 18.7. The zero-order chi connectivity index (χ0) is 17.5. The van der Waals surface area contributed by atoms with Crippen molar-refractivity contribution in [1.29, 1.82) is 0 Å². The molecular formula is C18H21BrClNO3. The molecule has 2 aromatic carbocycles. The smallest absolute Gasteiger partial charge is 0.166 e. The van der Waals surface area contributed by atoms with Crippen LogP contribution in [0.4, 0.5) is 5.69 Å². The molecule has 2 aromatic rings. The molecule has 0 spiro atoms. The molecule has 0 aromatic heterocycles. The predicted octanol–water partition coefficient (Wildman–Crippen LogP) is 5.52. The molecule has 4 nitrogen and oxygen atoms in total. The van der Waals surface area contributed by atoms with Gasteiger partial charge in [-0.2, -0.15) is 0 Å². The first-order chi connectivity index (χ1) is 11.6. The normalized spacial score (nSPS) is 10.4. The second-order valence-electron chi connectivity index (χ2n) is 5.15. The van der Waals surface area contributed by atoms with Gasteiger partial charge in [0, 0.05) is 22.3 Å². The van der Waals surface area contributed by atoms with Crippen molar-refractivity contribution in [2.45, 2.75) is 19.9 Å². The van der Waals surface area contributed by atoms with Crippen LogP contribution in [0.2, 0.25) is 5.02 Å². The van der Waals surface area contributed by atoms with E-state index in [-0.39, 0.29) is 0 Å². The van der Waals surface area contributed by atoms with Crippen molar-refractivity contribution < 1.29 is 14.2 Å². The van der Waals surface area contributed by atoms with E-state index in [2.05, 4.69) is 28.2 Å². The Kier molecular flexibility index (Phi) is 7.06. The monoisotopic (exact) mass is 413 g/mol. The van der Waals surface area contributed by atoms with E-state index in [4.69, 9.17) is 25.8 Å². The van der Waals surface area contributed by atoms with Crippen LogP contribution in [-0.2, 0) is 6.54 Å². The van der Waals surface area contributed by atoms with E-state index in [1.165, 1.54) is 0 Å². The predicted molar refractivity (Wildman–Crippen MR) is 102 cm³/mol. The van der Waals surface area contributed by atoms with E-state index in [0.29, 0.717) is 29.7 Å². The van der Waals surface area contributed by atoms with E-state index in [9.17, 15) is 0 Å². The van der Waals surface area contributed by atoms with Crippen LogP contribution < -0.4 is 19.5 Å². The van der Waals surface area contributed by atoms with Gasteiger partial charge in [0.25, 0.3) is 0 Å². The Bertz CT molecular complexity index is 694. The highest BCUT2D eigenvalue weighted by atomic mass is 79.9. The van der Waals surface area contributed by atoms with Gasteiger partial charge in [-0.3, -0.25) is 0 Å². The average molecular weight is 415 g/mol. The molecule has 0 aliphatic carbocycles. The summed E-state index contributed by atoms with van der Waals surface area (Å²) in [7, 11) is 3.24. The molecule has 0 aliphatic heterocycles. The summed E-state index contributed by atoms with van der Waals surface area (Å²) >= 11 is 9.68. The van der Waals surface area contributed by atoms with Crippen LogP contribution in [0.15, 0.2) is 34.8 Å². The van der Waals surface area contributed by atoms with Crippen LogP contribution in [0.25, 0.3) is 0 Å². The van der Waals surface area contributed by atoms with E-state index in [1.54, 1.807) is 14.2 Å². The molecule has 0 saturated heterocycles. The molecule has 0 saturated carbocycles. The number of methoxy groups -OCH3 is 2. The largest absolute Gasteiger partial charge is 0.495 e. The number of halogens is 2. The minimum atomic E-state index is 0.566. The summed E-state index contributed by atoms with van der Waals surface area (Å²) in [5.41, 5.74) is 1.91. The van der Waals surface area contributed by atoms with Crippen LogP contribution in [0.3, 0.4) is 0 Å². The molecule has 0 radical (unpaired) electrons. The molecule has 0 atom stereocenters. The molecule has 0 fully saturated rings. The molecule has 6 heteroatoms. The zero-order valence-corrected chi connectivity index (χ0v) is 16.3. The fraction of sp³-hybridized carbons (Fsp3) is 0.333. The third kappa shape index (κ3) is 4.71. The lowest BCUT2D eigenvalue weighted by molar-refractivity contribution is 0.291. The second-order valence-corrected chi connectivity index (χ2v) is 6.47. The molecule has 24 heavy (non-hydrogen) atoms. The van der Waals surface area contributed by atoms with Gasteiger partial charge in [-0.15, -0.1) is 0 Å². The Morgan fingerprint density at radius 1 is 1.08 bits per heavy atom. The molecule has 0 aliphatic rings. The summed E-state index contributed by atoms with van der Waals surface area (Å²) in [5, 5.41) is 3.92. The quantitative estimate of drug-likeness (QED) is 0.617. The van der Waals surface area contributed by atoms with Gasteiger partial charge < -0.3 is 19.5 Å². The number of rotatable bonds is 8. The van der Waals surface area contributed by atoms with Crippen LogP contribution >= 0.6 is 27.5 Å². The van der Waals surface area contributed by atoms with Crippen molar-refractivity contribution in [3.63, 3.8) is 0 Å². The maximum atomic E-state index is 6.17. The Hall–Kier alpha value is -1.59. The highest BCUT2D eigenvalue weighted by Crippen LogP contribution is 2.36. The Balaban J connectivity index is 2.21. The molecule has 2 rings (SSSR count). The number of benzene rings is 2. The van der Waals surface area contributed by atoms with E-state index < -0.39 is 0 Å².